The van der Waals surface area contributed by atoms with E-state index in [-0.39, 0.29) is 12.1 Å². The van der Waals surface area contributed by atoms with Gasteiger partial charge in [0.1, 0.15) is 0 Å². The van der Waals surface area contributed by atoms with E-state index in [1.807, 2.05) is 4.90 Å². The van der Waals surface area contributed by atoms with Crippen LogP contribution in [-0.4, -0.2) is 67.3 Å². The number of aryl methyl sites for hydroxylation is 1. The van der Waals surface area contributed by atoms with Crippen LogP contribution >= 0.6 is 0 Å². The molecule has 2 saturated heterocycles. The minimum absolute atomic E-state index is 0.0729. The van der Waals surface area contributed by atoms with Gasteiger partial charge in [-0.25, -0.2) is 4.79 Å². The Morgan fingerprint density at radius 3 is 2.72 bits per heavy atom. The van der Waals surface area contributed by atoms with Gasteiger partial charge in [0.2, 0.25) is 0 Å². The average Bonchev–Trinajstić information content (AvgIpc) is 3.00. The molecule has 3 atom stereocenters. The molecular formula is C20H31N3O2. The van der Waals surface area contributed by atoms with Crippen LogP contribution in [0, 0.1) is 12.8 Å². The highest BCUT2D eigenvalue weighted by Crippen LogP contribution is 2.23. The van der Waals surface area contributed by atoms with Gasteiger partial charge in [-0.05, 0) is 37.3 Å². The molecule has 1 aromatic rings. The van der Waals surface area contributed by atoms with E-state index >= 15 is 0 Å². The number of hydrogen-bond acceptors (Lipinski definition) is 3. The summed E-state index contributed by atoms with van der Waals surface area (Å²) in [6, 6.07) is 9.05. The lowest BCUT2D eigenvalue weighted by Crippen LogP contribution is -2.48. The van der Waals surface area contributed by atoms with E-state index in [1.54, 1.807) is 0 Å². The first-order valence-electron chi connectivity index (χ1n) is 9.46. The van der Waals surface area contributed by atoms with Gasteiger partial charge in [-0.1, -0.05) is 31.2 Å². The van der Waals surface area contributed by atoms with Crippen LogP contribution in [0.4, 0.5) is 4.79 Å². The van der Waals surface area contributed by atoms with E-state index in [2.05, 4.69) is 55.3 Å². The predicted octanol–water partition coefficient (Wildman–Crippen LogP) is 2.29. The molecule has 5 nitrogen and oxygen atoms in total. The summed E-state index contributed by atoms with van der Waals surface area (Å²) >= 11 is 0. The molecule has 0 aliphatic carbocycles. The number of hydrogen-bond donors (Lipinski definition) is 1. The average molecular weight is 345 g/mol. The van der Waals surface area contributed by atoms with Gasteiger partial charge >= 0.3 is 6.03 Å². The van der Waals surface area contributed by atoms with Crippen molar-refractivity contribution in [2.75, 3.05) is 39.4 Å². The third kappa shape index (κ3) is 4.53. The Balaban J connectivity index is 1.52. The van der Waals surface area contributed by atoms with Crippen LogP contribution in [0.15, 0.2) is 24.3 Å². The molecule has 2 aliphatic heterocycles. The maximum absolute atomic E-state index is 12.7. The van der Waals surface area contributed by atoms with E-state index in [9.17, 15) is 4.79 Å². The second-order valence-electron chi connectivity index (χ2n) is 7.58. The first kappa shape index (κ1) is 18.2. The number of amides is 2. The predicted molar refractivity (Wildman–Crippen MR) is 99.8 cm³/mol. The molecule has 0 saturated carbocycles. The number of likely N-dealkylation sites (tertiary alicyclic amines) is 1. The fourth-order valence-corrected chi connectivity index (χ4v) is 4.02. The van der Waals surface area contributed by atoms with E-state index < -0.39 is 0 Å². The topological polar surface area (TPSA) is 44.8 Å². The van der Waals surface area contributed by atoms with Gasteiger partial charge in [0.15, 0.2) is 0 Å². The summed E-state index contributed by atoms with van der Waals surface area (Å²) in [7, 11) is 0. The van der Waals surface area contributed by atoms with Crippen molar-refractivity contribution < 1.29 is 9.53 Å². The molecule has 2 amide bonds. The summed E-state index contributed by atoms with van der Waals surface area (Å²) in [6.45, 7) is 11.7. The van der Waals surface area contributed by atoms with E-state index in [1.165, 1.54) is 11.1 Å². The summed E-state index contributed by atoms with van der Waals surface area (Å²) in [4.78, 5) is 17.1. The number of urea groups is 1. The van der Waals surface area contributed by atoms with Gasteiger partial charge in [0, 0.05) is 38.3 Å². The third-order valence-electron chi connectivity index (χ3n) is 5.53. The number of nitrogens with zero attached hydrogens (tertiary/aromatic N) is 2. The molecule has 0 aromatic heterocycles. The van der Waals surface area contributed by atoms with Crippen molar-refractivity contribution in [2.45, 2.75) is 39.3 Å². The van der Waals surface area contributed by atoms with Crippen LogP contribution < -0.4 is 5.32 Å². The molecule has 0 radical (unpaired) electrons. The van der Waals surface area contributed by atoms with E-state index in [4.69, 9.17) is 4.74 Å². The fourth-order valence-electron chi connectivity index (χ4n) is 4.02. The zero-order chi connectivity index (χ0) is 17.8. The maximum atomic E-state index is 12.7. The van der Waals surface area contributed by atoms with Gasteiger partial charge in [0.05, 0.1) is 13.2 Å². The van der Waals surface area contributed by atoms with Crippen molar-refractivity contribution in [2.24, 2.45) is 5.92 Å². The number of benzene rings is 1. The highest BCUT2D eigenvalue weighted by molar-refractivity contribution is 5.75. The monoisotopic (exact) mass is 345 g/mol. The zero-order valence-corrected chi connectivity index (χ0v) is 15.7. The van der Waals surface area contributed by atoms with Crippen LogP contribution in [0.2, 0.25) is 0 Å². The van der Waals surface area contributed by atoms with Crippen molar-refractivity contribution in [1.82, 2.24) is 15.1 Å². The Bertz CT molecular complexity index is 586. The number of morpholine rings is 1. The fraction of sp³-hybridized carbons (Fsp3) is 0.650. The lowest BCUT2D eigenvalue weighted by Gasteiger charge is -2.34. The van der Waals surface area contributed by atoms with Gasteiger partial charge in [-0.2, -0.15) is 0 Å². The lowest BCUT2D eigenvalue weighted by atomic mass is 10.0. The van der Waals surface area contributed by atoms with Crippen LogP contribution in [0.3, 0.4) is 0 Å². The lowest BCUT2D eigenvalue weighted by molar-refractivity contribution is 0.0123. The summed E-state index contributed by atoms with van der Waals surface area (Å²) in [5.74, 6) is 0.510. The molecule has 2 heterocycles. The standard InChI is InChI=1S/C20H31N3O2/c1-15-6-4-5-7-18(15)12-17(3)21-20(24)23-13-16(2)19(14-23)22-8-10-25-11-9-22/h4-7,16-17,19H,8-14H2,1-3H3,(H,21,24)/t16-,17+,19-/m1/s1. The molecule has 1 aromatic carbocycles. The SMILES string of the molecule is Cc1ccccc1C[C@H](C)NC(=O)N1C[C@@H](C)[C@H](N2CCOCC2)C1. The number of ether oxygens (including phenoxy) is 1. The zero-order valence-electron chi connectivity index (χ0n) is 15.7. The first-order chi connectivity index (χ1) is 12.0. The molecule has 1 N–H and O–H groups in total. The molecule has 2 aliphatic rings. The number of carbonyl (C=O) groups is 1. The number of carbonyl (C=O) groups excluding carboxylic acids is 1. The molecule has 0 unspecified atom stereocenters. The van der Waals surface area contributed by atoms with Crippen LogP contribution in [0.25, 0.3) is 0 Å². The van der Waals surface area contributed by atoms with E-state index in [0.29, 0.717) is 12.0 Å². The van der Waals surface area contributed by atoms with Crippen LogP contribution in [0.1, 0.15) is 25.0 Å². The van der Waals surface area contributed by atoms with Crippen molar-refractivity contribution in [3.63, 3.8) is 0 Å². The Kier molecular flexibility index (Phi) is 5.97. The largest absolute Gasteiger partial charge is 0.379 e. The number of nitrogens with one attached hydrogen (secondary N) is 1. The second kappa shape index (κ2) is 8.19. The third-order valence-corrected chi connectivity index (χ3v) is 5.53. The Hall–Kier alpha value is -1.59. The van der Waals surface area contributed by atoms with Crippen molar-refractivity contribution >= 4 is 6.03 Å². The van der Waals surface area contributed by atoms with Crippen molar-refractivity contribution in [3.8, 4) is 0 Å². The second-order valence-corrected chi connectivity index (χ2v) is 7.58. The summed E-state index contributed by atoms with van der Waals surface area (Å²) in [5, 5.41) is 3.19. The van der Waals surface area contributed by atoms with Crippen LogP contribution in [-0.2, 0) is 11.2 Å². The van der Waals surface area contributed by atoms with E-state index in [0.717, 1.165) is 45.8 Å². The Morgan fingerprint density at radius 2 is 2.00 bits per heavy atom. The molecule has 2 fully saturated rings. The molecule has 3 rings (SSSR count). The molecule has 25 heavy (non-hydrogen) atoms. The minimum atomic E-state index is 0.0729. The van der Waals surface area contributed by atoms with Gasteiger partial charge in [-0.15, -0.1) is 0 Å². The molecule has 0 spiro atoms. The van der Waals surface area contributed by atoms with Gasteiger partial charge < -0.3 is 15.0 Å². The van der Waals surface area contributed by atoms with Crippen molar-refractivity contribution in [3.05, 3.63) is 35.4 Å². The van der Waals surface area contributed by atoms with Crippen LogP contribution in [0.5, 0.6) is 0 Å². The maximum Gasteiger partial charge on any atom is 0.317 e. The quantitative estimate of drug-likeness (QED) is 0.911. The minimum Gasteiger partial charge on any atom is -0.379 e. The normalized spacial score (nSPS) is 25.8. The molecule has 5 heteroatoms. The van der Waals surface area contributed by atoms with Gasteiger partial charge in [-0.3, -0.25) is 4.90 Å². The number of rotatable bonds is 4. The summed E-state index contributed by atoms with van der Waals surface area (Å²) in [5.41, 5.74) is 2.59. The Labute approximate surface area is 151 Å². The molecule has 138 valence electrons. The Morgan fingerprint density at radius 1 is 1.28 bits per heavy atom. The summed E-state index contributed by atoms with van der Waals surface area (Å²) < 4.78 is 5.45. The molecule has 0 bridgehead atoms. The highest BCUT2D eigenvalue weighted by Gasteiger charge is 2.36. The molecular weight excluding hydrogens is 314 g/mol. The highest BCUT2D eigenvalue weighted by atomic mass is 16.5. The first-order valence-corrected chi connectivity index (χ1v) is 9.46. The van der Waals surface area contributed by atoms with Gasteiger partial charge in [0.25, 0.3) is 0 Å². The van der Waals surface area contributed by atoms with Crippen molar-refractivity contribution in [1.29, 1.82) is 0 Å². The smallest absolute Gasteiger partial charge is 0.317 e. The summed E-state index contributed by atoms with van der Waals surface area (Å²) in [6.07, 6.45) is 0.870.